The Kier molecular flexibility index (Phi) is 15.5. The number of hydrogen-bond acceptors (Lipinski definition) is 7. The van der Waals surface area contributed by atoms with E-state index in [1.807, 2.05) is 0 Å². The van der Waals surface area contributed by atoms with E-state index >= 15 is 0 Å². The van der Waals surface area contributed by atoms with Crippen LogP contribution in [-0.2, 0) is 22.9 Å². The molecule has 0 bridgehead atoms. The van der Waals surface area contributed by atoms with Crippen LogP contribution in [0.15, 0.2) is 4.99 Å². The van der Waals surface area contributed by atoms with Gasteiger partial charge in [0.15, 0.2) is 0 Å². The molecule has 0 radical (unpaired) electrons. The smallest absolute Gasteiger partial charge is 0.465 e. The number of isocyanates is 1. The van der Waals surface area contributed by atoms with Crippen LogP contribution in [0.1, 0.15) is 98.3 Å². The van der Waals surface area contributed by atoms with Crippen molar-refractivity contribution in [3.8, 4) is 0 Å². The van der Waals surface area contributed by atoms with Gasteiger partial charge in [-0.1, -0.05) is 47.0 Å². The lowest BCUT2D eigenvalue weighted by Gasteiger charge is -2.47. The van der Waals surface area contributed by atoms with E-state index in [0.717, 1.165) is 44.9 Å². The van der Waals surface area contributed by atoms with E-state index in [4.69, 9.17) is 13.3 Å². The van der Waals surface area contributed by atoms with E-state index in [1.165, 1.54) is 0 Å². The highest BCUT2D eigenvalue weighted by atomic mass is 28.4. The fourth-order valence-electron chi connectivity index (χ4n) is 6.37. The quantitative estimate of drug-likeness (QED) is 0.0921. The lowest BCUT2D eigenvalue weighted by molar-refractivity contribution is -0.121. The van der Waals surface area contributed by atoms with Gasteiger partial charge in [0, 0.05) is 52.9 Å². The minimum Gasteiger partial charge on any atom is -0.465 e. The van der Waals surface area contributed by atoms with E-state index in [1.54, 1.807) is 32.3 Å². The highest BCUT2D eigenvalue weighted by Gasteiger charge is 2.44. The summed E-state index contributed by atoms with van der Waals surface area (Å²) in [6.07, 6.45) is 9.22. The van der Waals surface area contributed by atoms with Crippen molar-refractivity contribution in [2.24, 2.45) is 15.8 Å². The molecule has 0 aromatic heterocycles. The second-order valence-electron chi connectivity index (χ2n) is 12.1. The SMILES string of the molecule is CCCCC(CCCCC(=O)NCCC[Si](OC)(OC)OC)N(CC1(C)CC(N=C=O)CC(C)(C)C1)C(=O)O. The lowest BCUT2D eigenvalue weighted by atomic mass is 9.62. The lowest BCUT2D eigenvalue weighted by Crippen LogP contribution is -2.49. The van der Waals surface area contributed by atoms with Crippen molar-refractivity contribution in [3.63, 3.8) is 0 Å². The number of carboxylic acid groups (broad SMARTS) is 1. The predicted octanol–water partition coefficient (Wildman–Crippen LogP) is 5.39. The summed E-state index contributed by atoms with van der Waals surface area (Å²) >= 11 is 0. The van der Waals surface area contributed by atoms with Gasteiger partial charge in [-0.15, -0.1) is 0 Å². The number of nitrogens with zero attached hydrogens (tertiary/aromatic N) is 2. The first-order valence-electron chi connectivity index (χ1n) is 14.4. The fraction of sp³-hybridized carbons (Fsp3) is 0.893. The number of carbonyl (C=O) groups is 2. The standard InChI is InChI=1S/C28H53N3O7Si/c1-8-9-13-24(14-10-11-15-25(33)29-16-12-17-39(36-5,37-6)38-7)31(26(34)35)21-28(4)19-23(30-22-32)18-27(2,3)20-28/h23-24H,8-21H2,1-7H3,(H,29,33)(H,34,35). The normalized spacial score (nSPS) is 21.6. The molecule has 11 heteroatoms. The average molecular weight is 572 g/mol. The number of aliphatic imine (C=N–C) groups is 1. The summed E-state index contributed by atoms with van der Waals surface area (Å²) in [5.41, 5.74) is -0.306. The van der Waals surface area contributed by atoms with Gasteiger partial charge in [-0.25, -0.2) is 14.6 Å². The Morgan fingerprint density at radius 2 is 1.72 bits per heavy atom. The number of amides is 2. The monoisotopic (exact) mass is 571 g/mol. The number of unbranched alkanes of at least 4 members (excludes halogenated alkanes) is 2. The third-order valence-electron chi connectivity index (χ3n) is 7.89. The molecule has 39 heavy (non-hydrogen) atoms. The van der Waals surface area contributed by atoms with Crippen LogP contribution in [0.2, 0.25) is 6.04 Å². The number of hydrogen-bond donors (Lipinski definition) is 2. The largest absolute Gasteiger partial charge is 0.500 e. The van der Waals surface area contributed by atoms with Gasteiger partial charge in [-0.05, 0) is 55.8 Å². The minimum atomic E-state index is -2.63. The van der Waals surface area contributed by atoms with E-state index in [9.17, 15) is 19.5 Å². The van der Waals surface area contributed by atoms with E-state index in [2.05, 4.69) is 38.0 Å². The van der Waals surface area contributed by atoms with Crippen molar-refractivity contribution in [1.29, 1.82) is 0 Å². The Morgan fingerprint density at radius 3 is 2.28 bits per heavy atom. The van der Waals surface area contributed by atoms with Crippen molar-refractivity contribution in [2.75, 3.05) is 34.4 Å². The fourth-order valence-corrected chi connectivity index (χ4v) is 8.09. The van der Waals surface area contributed by atoms with Crippen LogP contribution in [0.25, 0.3) is 0 Å². The van der Waals surface area contributed by atoms with Crippen LogP contribution < -0.4 is 5.32 Å². The highest BCUT2D eigenvalue weighted by Crippen LogP contribution is 2.47. The molecule has 1 rings (SSSR count). The topological polar surface area (TPSA) is 127 Å². The summed E-state index contributed by atoms with van der Waals surface area (Å²) in [5, 5.41) is 13.2. The molecule has 2 N–H and O–H groups in total. The van der Waals surface area contributed by atoms with Crippen LogP contribution in [0.3, 0.4) is 0 Å². The molecule has 1 fully saturated rings. The van der Waals surface area contributed by atoms with Gasteiger partial charge >= 0.3 is 14.9 Å². The third kappa shape index (κ3) is 12.5. The van der Waals surface area contributed by atoms with Crippen molar-refractivity contribution in [2.45, 2.75) is 116 Å². The molecule has 0 aliphatic heterocycles. The molecule has 10 nitrogen and oxygen atoms in total. The van der Waals surface area contributed by atoms with Crippen molar-refractivity contribution < 1.29 is 32.8 Å². The summed E-state index contributed by atoms with van der Waals surface area (Å²) in [7, 11) is 2.10. The van der Waals surface area contributed by atoms with E-state index < -0.39 is 14.9 Å². The first kappa shape index (κ1) is 35.2. The maximum atomic E-state index is 12.5. The van der Waals surface area contributed by atoms with Gasteiger partial charge in [0.1, 0.15) is 0 Å². The zero-order valence-corrected chi connectivity index (χ0v) is 26.3. The third-order valence-corrected chi connectivity index (χ3v) is 10.7. The van der Waals surface area contributed by atoms with E-state index in [0.29, 0.717) is 44.8 Å². The Labute approximate surface area is 236 Å². The second-order valence-corrected chi connectivity index (χ2v) is 15.2. The van der Waals surface area contributed by atoms with Gasteiger partial charge < -0.3 is 28.6 Å². The van der Waals surface area contributed by atoms with E-state index in [-0.39, 0.29) is 28.8 Å². The molecule has 226 valence electrons. The number of rotatable bonds is 19. The predicted molar refractivity (Wildman–Crippen MR) is 153 cm³/mol. The van der Waals surface area contributed by atoms with Gasteiger partial charge in [-0.3, -0.25) is 4.79 Å². The molecule has 1 aliphatic rings. The summed E-state index contributed by atoms with van der Waals surface area (Å²) < 4.78 is 16.2. The van der Waals surface area contributed by atoms with Crippen LogP contribution in [0.4, 0.5) is 4.79 Å². The van der Waals surface area contributed by atoms with Crippen molar-refractivity contribution in [3.05, 3.63) is 0 Å². The Hall–Kier alpha value is -1.78. The maximum Gasteiger partial charge on any atom is 0.500 e. The van der Waals surface area contributed by atoms with Gasteiger partial charge in [0.25, 0.3) is 0 Å². The zero-order chi connectivity index (χ0) is 29.5. The molecule has 0 spiro atoms. The van der Waals surface area contributed by atoms with Gasteiger partial charge in [0.2, 0.25) is 12.0 Å². The second kappa shape index (κ2) is 17.1. The Balaban J connectivity index is 2.68. The van der Waals surface area contributed by atoms with Gasteiger partial charge in [-0.2, -0.15) is 0 Å². The number of carbonyl (C=O) groups excluding carboxylic acids is 2. The van der Waals surface area contributed by atoms with Crippen LogP contribution in [-0.4, -0.2) is 83.4 Å². The molecule has 0 heterocycles. The summed E-state index contributed by atoms with van der Waals surface area (Å²) in [4.78, 5) is 41.4. The first-order chi connectivity index (χ1) is 18.4. The molecular formula is C28H53N3O7Si. The minimum absolute atomic E-state index is 0.00608. The summed E-state index contributed by atoms with van der Waals surface area (Å²) in [6.45, 7) is 9.50. The zero-order valence-electron chi connectivity index (χ0n) is 25.3. The van der Waals surface area contributed by atoms with Crippen LogP contribution in [0, 0.1) is 10.8 Å². The van der Waals surface area contributed by atoms with Crippen LogP contribution >= 0.6 is 0 Å². The van der Waals surface area contributed by atoms with Crippen LogP contribution in [0.5, 0.6) is 0 Å². The molecular weight excluding hydrogens is 518 g/mol. The first-order valence-corrected chi connectivity index (χ1v) is 16.3. The molecule has 0 aromatic rings. The molecule has 0 aromatic carbocycles. The molecule has 3 atom stereocenters. The molecule has 0 saturated heterocycles. The maximum absolute atomic E-state index is 12.5. The summed E-state index contributed by atoms with van der Waals surface area (Å²) in [5.74, 6) is -0.00608. The summed E-state index contributed by atoms with van der Waals surface area (Å²) in [6, 6.07) is 0.395. The number of nitrogens with one attached hydrogen (secondary N) is 1. The molecule has 2 amide bonds. The Bertz CT molecular complexity index is 794. The average Bonchev–Trinajstić information content (AvgIpc) is 2.86. The Morgan fingerprint density at radius 1 is 1.08 bits per heavy atom. The molecule has 1 saturated carbocycles. The van der Waals surface area contributed by atoms with Gasteiger partial charge in [0.05, 0.1) is 6.04 Å². The van der Waals surface area contributed by atoms with Crippen molar-refractivity contribution >= 4 is 26.9 Å². The molecule has 3 unspecified atom stereocenters. The van der Waals surface area contributed by atoms with Crippen molar-refractivity contribution in [1.82, 2.24) is 10.2 Å². The molecule has 1 aliphatic carbocycles. The highest BCUT2D eigenvalue weighted by molar-refractivity contribution is 6.60.